The maximum Gasteiger partial charge on any atom is 0.193 e. The fourth-order valence-corrected chi connectivity index (χ4v) is 2.53. The molecule has 0 saturated heterocycles. The first kappa shape index (κ1) is 12.6. The van der Waals surface area contributed by atoms with Gasteiger partial charge in [-0.3, -0.25) is 9.89 Å². The Labute approximate surface area is 125 Å². The van der Waals surface area contributed by atoms with Gasteiger partial charge < -0.3 is 9.15 Å². The summed E-state index contributed by atoms with van der Waals surface area (Å²) in [5, 5.41) is 8.64. The van der Waals surface area contributed by atoms with Crippen molar-refractivity contribution in [3.05, 3.63) is 58.8 Å². The van der Waals surface area contributed by atoms with Gasteiger partial charge in [-0.1, -0.05) is 18.2 Å². The Bertz CT molecular complexity index is 1050. The fourth-order valence-electron chi connectivity index (χ4n) is 2.53. The normalized spacial score (nSPS) is 11.1. The topological polar surface area (TPSA) is 68.1 Å². The highest BCUT2D eigenvalue weighted by Gasteiger charge is 2.13. The van der Waals surface area contributed by atoms with E-state index in [9.17, 15) is 4.79 Å². The first-order chi connectivity index (χ1) is 10.8. The van der Waals surface area contributed by atoms with Gasteiger partial charge >= 0.3 is 0 Å². The Kier molecular flexibility index (Phi) is 2.72. The van der Waals surface area contributed by atoms with Crippen LogP contribution in [-0.4, -0.2) is 17.3 Å². The molecule has 2 aromatic carbocycles. The summed E-state index contributed by atoms with van der Waals surface area (Å²) in [6, 6.07) is 14.3. The Balaban J connectivity index is 2.01. The van der Waals surface area contributed by atoms with Crippen molar-refractivity contribution in [2.75, 3.05) is 7.11 Å². The number of nitrogens with one attached hydrogen (secondary N) is 1. The smallest absolute Gasteiger partial charge is 0.193 e. The molecular formula is C17H12N2O3. The zero-order valence-corrected chi connectivity index (χ0v) is 11.8. The number of hydrogen-bond acceptors (Lipinski definition) is 4. The zero-order valence-electron chi connectivity index (χ0n) is 11.8. The van der Waals surface area contributed by atoms with Crippen molar-refractivity contribution >= 4 is 21.9 Å². The monoisotopic (exact) mass is 292 g/mol. The van der Waals surface area contributed by atoms with E-state index in [1.54, 1.807) is 25.3 Å². The number of methoxy groups -OCH3 is 1. The molecule has 2 heterocycles. The van der Waals surface area contributed by atoms with Crippen LogP contribution in [0.2, 0.25) is 0 Å². The van der Waals surface area contributed by atoms with E-state index in [0.717, 1.165) is 10.9 Å². The number of H-pyrrole nitrogens is 1. The summed E-state index contributed by atoms with van der Waals surface area (Å²) < 4.78 is 11.1. The van der Waals surface area contributed by atoms with E-state index in [-0.39, 0.29) is 5.43 Å². The predicted octanol–water partition coefficient (Wildman–Crippen LogP) is 3.34. The van der Waals surface area contributed by atoms with Crippen LogP contribution in [0, 0.1) is 0 Å². The van der Waals surface area contributed by atoms with Crippen molar-refractivity contribution in [3.63, 3.8) is 0 Å². The minimum absolute atomic E-state index is 0.106. The maximum atomic E-state index is 12.3. The molecule has 4 rings (SSSR count). The number of para-hydroxylation sites is 1. The van der Waals surface area contributed by atoms with Crippen LogP contribution in [0.5, 0.6) is 5.75 Å². The Hall–Kier alpha value is -3.08. The van der Waals surface area contributed by atoms with Gasteiger partial charge in [-0.2, -0.15) is 5.10 Å². The molecule has 0 spiro atoms. The van der Waals surface area contributed by atoms with Gasteiger partial charge in [0.2, 0.25) is 0 Å². The average molecular weight is 292 g/mol. The standard InChI is InChI=1S/C17H12N2O3/c1-21-10-6-7-12-14(20)9-16(22-15(12)8-10)17-11-4-2-3-5-13(11)18-19-17/h2-9H,1H3,(H,18,19). The fraction of sp³-hybridized carbons (Fsp3) is 0.0588. The molecule has 5 heteroatoms. The lowest BCUT2D eigenvalue weighted by Crippen LogP contribution is -2.00. The van der Waals surface area contributed by atoms with Crippen molar-refractivity contribution in [1.82, 2.24) is 10.2 Å². The molecule has 0 aliphatic rings. The van der Waals surface area contributed by atoms with Crippen LogP contribution in [0.1, 0.15) is 0 Å². The second-order valence-corrected chi connectivity index (χ2v) is 4.95. The van der Waals surface area contributed by atoms with Crippen LogP contribution in [-0.2, 0) is 0 Å². The zero-order chi connectivity index (χ0) is 15.1. The van der Waals surface area contributed by atoms with E-state index in [1.165, 1.54) is 6.07 Å². The minimum Gasteiger partial charge on any atom is -0.497 e. The van der Waals surface area contributed by atoms with Gasteiger partial charge in [0.1, 0.15) is 17.0 Å². The van der Waals surface area contributed by atoms with E-state index in [1.807, 2.05) is 24.3 Å². The summed E-state index contributed by atoms with van der Waals surface area (Å²) in [4.78, 5) is 12.3. The number of benzene rings is 2. The van der Waals surface area contributed by atoms with Gasteiger partial charge in [0.05, 0.1) is 18.0 Å². The molecule has 0 bridgehead atoms. The molecule has 0 amide bonds. The van der Waals surface area contributed by atoms with E-state index in [0.29, 0.717) is 28.2 Å². The lowest BCUT2D eigenvalue weighted by atomic mass is 10.1. The van der Waals surface area contributed by atoms with Gasteiger partial charge in [0.25, 0.3) is 0 Å². The van der Waals surface area contributed by atoms with E-state index in [4.69, 9.17) is 9.15 Å². The third kappa shape index (κ3) is 1.87. The summed E-state index contributed by atoms with van der Waals surface area (Å²) in [6.45, 7) is 0. The Morgan fingerprint density at radius 2 is 1.95 bits per heavy atom. The molecule has 0 atom stereocenters. The van der Waals surface area contributed by atoms with Crippen molar-refractivity contribution in [2.45, 2.75) is 0 Å². The van der Waals surface area contributed by atoms with Crippen molar-refractivity contribution in [1.29, 1.82) is 0 Å². The quantitative estimate of drug-likeness (QED) is 0.615. The second kappa shape index (κ2) is 4.73. The number of fused-ring (bicyclic) bond motifs is 2. The number of hydrogen-bond donors (Lipinski definition) is 1. The molecular weight excluding hydrogens is 280 g/mol. The largest absolute Gasteiger partial charge is 0.497 e. The van der Waals surface area contributed by atoms with Crippen LogP contribution >= 0.6 is 0 Å². The van der Waals surface area contributed by atoms with Gasteiger partial charge in [-0.15, -0.1) is 0 Å². The van der Waals surface area contributed by atoms with Gasteiger partial charge in [0, 0.05) is 17.5 Å². The van der Waals surface area contributed by atoms with Crippen molar-refractivity contribution in [2.24, 2.45) is 0 Å². The summed E-state index contributed by atoms with van der Waals surface area (Å²) in [5.41, 5.74) is 1.89. The highest BCUT2D eigenvalue weighted by atomic mass is 16.5. The summed E-state index contributed by atoms with van der Waals surface area (Å²) in [6.07, 6.45) is 0. The molecule has 2 aromatic heterocycles. The van der Waals surface area contributed by atoms with Crippen LogP contribution in [0.15, 0.2) is 57.7 Å². The van der Waals surface area contributed by atoms with Gasteiger partial charge in [-0.05, 0) is 18.2 Å². The first-order valence-electron chi connectivity index (χ1n) is 6.81. The minimum atomic E-state index is -0.106. The number of rotatable bonds is 2. The number of aromatic amines is 1. The van der Waals surface area contributed by atoms with E-state index >= 15 is 0 Å². The average Bonchev–Trinajstić information content (AvgIpc) is 2.98. The number of ether oxygens (including phenoxy) is 1. The molecule has 0 aliphatic carbocycles. The Morgan fingerprint density at radius 3 is 2.82 bits per heavy atom. The number of nitrogens with zero attached hydrogens (tertiary/aromatic N) is 1. The SMILES string of the molecule is COc1ccc2c(=O)cc(-c3n[nH]c4ccccc34)oc2c1. The second-order valence-electron chi connectivity index (χ2n) is 4.95. The van der Waals surface area contributed by atoms with E-state index < -0.39 is 0 Å². The summed E-state index contributed by atoms with van der Waals surface area (Å²) in [7, 11) is 1.57. The van der Waals surface area contributed by atoms with Crippen LogP contribution in [0.25, 0.3) is 33.3 Å². The highest BCUT2D eigenvalue weighted by molar-refractivity contribution is 5.92. The highest BCUT2D eigenvalue weighted by Crippen LogP contribution is 2.28. The van der Waals surface area contributed by atoms with Gasteiger partial charge in [0.15, 0.2) is 11.2 Å². The van der Waals surface area contributed by atoms with Gasteiger partial charge in [-0.25, -0.2) is 0 Å². The van der Waals surface area contributed by atoms with Crippen LogP contribution in [0.3, 0.4) is 0 Å². The third-order valence-corrected chi connectivity index (χ3v) is 3.64. The van der Waals surface area contributed by atoms with Crippen molar-refractivity contribution in [3.8, 4) is 17.2 Å². The van der Waals surface area contributed by atoms with Crippen LogP contribution in [0.4, 0.5) is 0 Å². The molecule has 4 aromatic rings. The summed E-state index contributed by atoms with van der Waals surface area (Å²) >= 11 is 0. The molecule has 108 valence electrons. The maximum absolute atomic E-state index is 12.3. The molecule has 0 aliphatic heterocycles. The molecule has 0 unspecified atom stereocenters. The van der Waals surface area contributed by atoms with Crippen molar-refractivity contribution < 1.29 is 9.15 Å². The van der Waals surface area contributed by atoms with Crippen LogP contribution < -0.4 is 10.2 Å². The predicted molar refractivity (Wildman–Crippen MR) is 84.1 cm³/mol. The molecule has 0 saturated carbocycles. The molecule has 22 heavy (non-hydrogen) atoms. The molecule has 0 radical (unpaired) electrons. The lowest BCUT2D eigenvalue weighted by Gasteiger charge is -2.03. The Morgan fingerprint density at radius 1 is 1.09 bits per heavy atom. The molecule has 5 nitrogen and oxygen atoms in total. The first-order valence-corrected chi connectivity index (χ1v) is 6.81. The third-order valence-electron chi connectivity index (χ3n) is 3.64. The number of aromatic nitrogens is 2. The van der Waals surface area contributed by atoms with E-state index in [2.05, 4.69) is 10.2 Å². The molecule has 1 N–H and O–H groups in total. The summed E-state index contributed by atoms with van der Waals surface area (Å²) in [5.74, 6) is 1.07. The lowest BCUT2D eigenvalue weighted by molar-refractivity contribution is 0.414. The molecule has 0 fully saturated rings.